The van der Waals surface area contributed by atoms with E-state index < -0.39 is 11.5 Å². The van der Waals surface area contributed by atoms with Crippen LogP contribution in [0, 0.1) is 5.82 Å². The summed E-state index contributed by atoms with van der Waals surface area (Å²) >= 11 is 5.89. The largest absolute Gasteiger partial charge is 0.480 e. The Balaban J connectivity index is 2.79. The van der Waals surface area contributed by atoms with Crippen LogP contribution in [0.25, 0.3) is 0 Å². The van der Waals surface area contributed by atoms with Crippen LogP contribution < -0.4 is 5.32 Å². The molecule has 0 fully saturated rings. The van der Waals surface area contributed by atoms with Crippen LogP contribution in [-0.4, -0.2) is 16.6 Å². The first kappa shape index (κ1) is 13.9. The Morgan fingerprint density at radius 1 is 1.59 bits per heavy atom. The van der Waals surface area contributed by atoms with Gasteiger partial charge in [0, 0.05) is 11.6 Å². The van der Waals surface area contributed by atoms with Gasteiger partial charge in [-0.2, -0.15) is 0 Å². The van der Waals surface area contributed by atoms with E-state index in [1.54, 1.807) is 13.8 Å². The first-order valence-electron chi connectivity index (χ1n) is 5.31. The fourth-order valence-electron chi connectivity index (χ4n) is 1.32. The lowest BCUT2D eigenvalue weighted by Crippen LogP contribution is -2.48. The molecule has 17 heavy (non-hydrogen) atoms. The lowest BCUT2D eigenvalue weighted by molar-refractivity contribution is -0.144. The predicted octanol–water partition coefficient (Wildman–Crippen LogP) is 2.82. The van der Waals surface area contributed by atoms with E-state index in [4.69, 9.17) is 16.7 Å². The van der Waals surface area contributed by atoms with Crippen molar-refractivity contribution in [2.75, 3.05) is 0 Å². The SMILES string of the molecule is CCC(C)(NCc1cc(F)ccc1Cl)C(=O)O. The second-order valence-corrected chi connectivity index (χ2v) is 4.49. The minimum absolute atomic E-state index is 0.216. The van der Waals surface area contributed by atoms with Crippen LogP contribution in [0.15, 0.2) is 18.2 Å². The molecule has 3 nitrogen and oxygen atoms in total. The zero-order valence-corrected chi connectivity index (χ0v) is 10.5. The molecule has 94 valence electrons. The van der Waals surface area contributed by atoms with E-state index in [9.17, 15) is 9.18 Å². The Hall–Kier alpha value is -1.13. The van der Waals surface area contributed by atoms with Gasteiger partial charge in [0.05, 0.1) is 0 Å². The molecule has 1 aromatic rings. The minimum atomic E-state index is -1.03. The molecule has 1 aromatic carbocycles. The molecule has 0 bridgehead atoms. The van der Waals surface area contributed by atoms with Crippen molar-refractivity contribution in [3.8, 4) is 0 Å². The van der Waals surface area contributed by atoms with Crippen molar-refractivity contribution in [2.24, 2.45) is 0 Å². The molecule has 1 rings (SSSR count). The van der Waals surface area contributed by atoms with E-state index in [0.29, 0.717) is 17.0 Å². The molecule has 0 aliphatic heterocycles. The highest BCUT2D eigenvalue weighted by molar-refractivity contribution is 6.31. The molecule has 5 heteroatoms. The molecule has 0 heterocycles. The second kappa shape index (κ2) is 5.47. The number of carbonyl (C=O) groups is 1. The summed E-state index contributed by atoms with van der Waals surface area (Å²) in [6.45, 7) is 3.57. The predicted molar refractivity (Wildman–Crippen MR) is 64.6 cm³/mol. The highest BCUT2D eigenvalue weighted by atomic mass is 35.5. The summed E-state index contributed by atoms with van der Waals surface area (Å²) in [5.41, 5.74) is -0.483. The van der Waals surface area contributed by atoms with Gasteiger partial charge in [-0.25, -0.2) is 4.39 Å². The number of carboxylic acid groups (broad SMARTS) is 1. The van der Waals surface area contributed by atoms with Crippen LogP contribution >= 0.6 is 11.6 Å². The smallest absolute Gasteiger partial charge is 0.323 e. The maximum absolute atomic E-state index is 13.0. The average molecular weight is 260 g/mol. The summed E-state index contributed by atoms with van der Waals surface area (Å²) in [4.78, 5) is 11.1. The van der Waals surface area contributed by atoms with Crippen molar-refractivity contribution < 1.29 is 14.3 Å². The van der Waals surface area contributed by atoms with Gasteiger partial charge < -0.3 is 5.11 Å². The van der Waals surface area contributed by atoms with E-state index in [0.717, 1.165) is 0 Å². The third kappa shape index (κ3) is 3.41. The molecule has 0 aliphatic carbocycles. The maximum atomic E-state index is 13.0. The van der Waals surface area contributed by atoms with E-state index in [-0.39, 0.29) is 12.4 Å². The third-order valence-corrected chi connectivity index (χ3v) is 3.22. The lowest BCUT2D eigenvalue weighted by atomic mass is 9.99. The fourth-order valence-corrected chi connectivity index (χ4v) is 1.51. The van der Waals surface area contributed by atoms with Gasteiger partial charge in [0.15, 0.2) is 0 Å². The van der Waals surface area contributed by atoms with Gasteiger partial charge in [0.25, 0.3) is 0 Å². The standard InChI is InChI=1S/C12H15ClFNO2/c1-3-12(2,11(16)17)15-7-8-6-9(14)4-5-10(8)13/h4-6,15H,3,7H2,1-2H3,(H,16,17). The van der Waals surface area contributed by atoms with E-state index in [2.05, 4.69) is 5.32 Å². The van der Waals surface area contributed by atoms with Crippen LogP contribution in [0.5, 0.6) is 0 Å². The molecular weight excluding hydrogens is 245 g/mol. The molecule has 1 atom stereocenters. The molecule has 0 spiro atoms. The molecule has 0 amide bonds. The molecule has 0 radical (unpaired) electrons. The molecule has 0 aliphatic rings. The van der Waals surface area contributed by atoms with Crippen molar-refractivity contribution in [3.63, 3.8) is 0 Å². The molecule has 2 N–H and O–H groups in total. The molecule has 0 saturated carbocycles. The third-order valence-electron chi connectivity index (χ3n) is 2.86. The van der Waals surface area contributed by atoms with Gasteiger partial charge >= 0.3 is 5.97 Å². The zero-order valence-electron chi connectivity index (χ0n) is 9.76. The molecule has 0 aromatic heterocycles. The number of nitrogens with one attached hydrogen (secondary N) is 1. The summed E-state index contributed by atoms with van der Waals surface area (Å²) < 4.78 is 13.0. The number of halogens is 2. The highest BCUT2D eigenvalue weighted by Crippen LogP contribution is 2.18. The Morgan fingerprint density at radius 2 is 2.24 bits per heavy atom. The average Bonchev–Trinajstić information content (AvgIpc) is 2.29. The highest BCUT2D eigenvalue weighted by Gasteiger charge is 2.30. The van der Waals surface area contributed by atoms with Gasteiger partial charge in [0.1, 0.15) is 11.4 Å². The normalized spacial score (nSPS) is 14.4. The topological polar surface area (TPSA) is 49.3 Å². The number of carboxylic acids is 1. The van der Waals surface area contributed by atoms with Crippen molar-refractivity contribution >= 4 is 17.6 Å². The van der Waals surface area contributed by atoms with Crippen LogP contribution in [0.3, 0.4) is 0 Å². The zero-order chi connectivity index (χ0) is 13.1. The first-order chi connectivity index (χ1) is 7.89. The van der Waals surface area contributed by atoms with Gasteiger partial charge in [-0.05, 0) is 37.1 Å². The van der Waals surface area contributed by atoms with Crippen molar-refractivity contribution in [1.82, 2.24) is 5.32 Å². The van der Waals surface area contributed by atoms with Crippen LogP contribution in [0.4, 0.5) is 4.39 Å². The fraction of sp³-hybridized carbons (Fsp3) is 0.417. The summed E-state index contributed by atoms with van der Waals surface area (Å²) in [7, 11) is 0. The van der Waals surface area contributed by atoms with Crippen molar-refractivity contribution in [2.45, 2.75) is 32.4 Å². The van der Waals surface area contributed by atoms with Crippen LogP contribution in [-0.2, 0) is 11.3 Å². The Kier molecular flexibility index (Phi) is 4.48. The monoisotopic (exact) mass is 259 g/mol. The Bertz CT molecular complexity index is 425. The quantitative estimate of drug-likeness (QED) is 0.855. The number of rotatable bonds is 5. The summed E-state index contributed by atoms with van der Waals surface area (Å²) in [6.07, 6.45) is 0.426. The summed E-state index contributed by atoms with van der Waals surface area (Å²) in [6, 6.07) is 4.02. The lowest BCUT2D eigenvalue weighted by Gasteiger charge is -2.25. The molecular formula is C12H15ClFNO2. The second-order valence-electron chi connectivity index (χ2n) is 4.08. The molecule has 1 unspecified atom stereocenters. The number of aliphatic carboxylic acids is 1. The van der Waals surface area contributed by atoms with E-state index >= 15 is 0 Å². The number of hydrogen-bond donors (Lipinski definition) is 2. The maximum Gasteiger partial charge on any atom is 0.323 e. The Labute approximate surface area is 105 Å². The first-order valence-corrected chi connectivity index (χ1v) is 5.69. The van der Waals surface area contributed by atoms with Crippen molar-refractivity contribution in [1.29, 1.82) is 0 Å². The van der Waals surface area contributed by atoms with Crippen LogP contribution in [0.1, 0.15) is 25.8 Å². The van der Waals surface area contributed by atoms with Crippen molar-refractivity contribution in [3.05, 3.63) is 34.6 Å². The molecule has 0 saturated heterocycles. The van der Waals surface area contributed by atoms with Crippen LogP contribution in [0.2, 0.25) is 5.02 Å². The Morgan fingerprint density at radius 3 is 2.76 bits per heavy atom. The van der Waals surface area contributed by atoms with Gasteiger partial charge in [-0.15, -0.1) is 0 Å². The van der Waals surface area contributed by atoms with E-state index in [1.165, 1.54) is 18.2 Å². The number of hydrogen-bond acceptors (Lipinski definition) is 2. The van der Waals surface area contributed by atoms with Gasteiger partial charge in [-0.3, -0.25) is 10.1 Å². The van der Waals surface area contributed by atoms with E-state index in [1.807, 2.05) is 0 Å². The minimum Gasteiger partial charge on any atom is -0.480 e. The van der Waals surface area contributed by atoms with Gasteiger partial charge in [0.2, 0.25) is 0 Å². The summed E-state index contributed by atoms with van der Waals surface area (Å²) in [5.74, 6) is -1.33. The van der Waals surface area contributed by atoms with Gasteiger partial charge in [-0.1, -0.05) is 18.5 Å². The number of benzene rings is 1. The summed E-state index contributed by atoms with van der Waals surface area (Å²) in [5, 5.41) is 12.4.